The lowest BCUT2D eigenvalue weighted by Gasteiger charge is -2.08. The first-order valence-electron chi connectivity index (χ1n) is 5.67. The van der Waals surface area contributed by atoms with Crippen LogP contribution in [0.3, 0.4) is 0 Å². The second kappa shape index (κ2) is 9.52. The molecule has 0 saturated carbocycles. The Labute approximate surface area is 116 Å². The van der Waals surface area contributed by atoms with Crippen molar-refractivity contribution >= 4 is 18.3 Å². The third-order valence-electron chi connectivity index (χ3n) is 2.16. The van der Waals surface area contributed by atoms with E-state index in [0.29, 0.717) is 18.7 Å². The number of likely N-dealkylation sites (N-methyl/N-ethyl adjacent to an activating group) is 1. The molecule has 4 nitrogen and oxygen atoms in total. The summed E-state index contributed by atoms with van der Waals surface area (Å²) in [6.45, 7) is 1.04. The van der Waals surface area contributed by atoms with Crippen LogP contribution in [0.5, 0.6) is 5.75 Å². The molecule has 0 aliphatic rings. The zero-order valence-corrected chi connectivity index (χ0v) is 11.3. The Morgan fingerprint density at radius 1 is 1.37 bits per heavy atom. The minimum absolute atomic E-state index is 0. The van der Waals surface area contributed by atoms with Gasteiger partial charge in [-0.15, -0.1) is 12.4 Å². The van der Waals surface area contributed by atoms with E-state index in [1.807, 2.05) is 6.92 Å². The van der Waals surface area contributed by atoms with Crippen LogP contribution in [-0.4, -0.2) is 32.2 Å². The number of rotatable bonds is 7. The molecule has 0 unspecified atom stereocenters. The third-order valence-corrected chi connectivity index (χ3v) is 2.16. The molecule has 1 aromatic carbocycles. The lowest BCUT2D eigenvalue weighted by molar-refractivity contribution is -0.0498. The highest BCUT2D eigenvalue weighted by Crippen LogP contribution is 2.15. The number of benzene rings is 1. The Hall–Kier alpha value is -1.40. The highest BCUT2D eigenvalue weighted by Gasteiger charge is 2.08. The first-order valence-corrected chi connectivity index (χ1v) is 5.67. The van der Waals surface area contributed by atoms with Crippen molar-refractivity contribution in [3.05, 3.63) is 29.8 Å². The largest absolute Gasteiger partial charge is 0.435 e. The Morgan fingerprint density at radius 3 is 2.74 bits per heavy atom. The SMILES string of the molecule is CCNCCNC(=O)c1cccc(OC(F)F)c1.Cl. The quantitative estimate of drug-likeness (QED) is 0.757. The Bertz CT molecular complexity index is 392. The van der Waals surface area contributed by atoms with Crippen LogP contribution in [-0.2, 0) is 0 Å². The maximum Gasteiger partial charge on any atom is 0.387 e. The number of amides is 1. The van der Waals surface area contributed by atoms with Gasteiger partial charge in [-0.1, -0.05) is 13.0 Å². The molecule has 0 radical (unpaired) electrons. The van der Waals surface area contributed by atoms with Gasteiger partial charge in [-0.2, -0.15) is 8.78 Å². The second-order valence-corrected chi connectivity index (χ2v) is 3.52. The summed E-state index contributed by atoms with van der Waals surface area (Å²) in [7, 11) is 0. The molecule has 2 N–H and O–H groups in total. The minimum Gasteiger partial charge on any atom is -0.435 e. The zero-order chi connectivity index (χ0) is 13.4. The highest BCUT2D eigenvalue weighted by molar-refractivity contribution is 5.94. The molecule has 0 saturated heterocycles. The molecule has 0 bridgehead atoms. The van der Waals surface area contributed by atoms with Crippen LogP contribution >= 0.6 is 12.4 Å². The summed E-state index contributed by atoms with van der Waals surface area (Å²) in [6, 6.07) is 5.70. The number of halogens is 3. The number of hydrogen-bond acceptors (Lipinski definition) is 3. The summed E-state index contributed by atoms with van der Waals surface area (Å²) < 4.78 is 28.2. The Morgan fingerprint density at radius 2 is 2.11 bits per heavy atom. The van der Waals surface area contributed by atoms with E-state index in [-0.39, 0.29) is 24.1 Å². The molecule has 1 aromatic rings. The summed E-state index contributed by atoms with van der Waals surface area (Å²) in [4.78, 5) is 11.7. The number of carbonyl (C=O) groups is 1. The average Bonchev–Trinajstić information content (AvgIpc) is 2.34. The van der Waals surface area contributed by atoms with Crippen molar-refractivity contribution in [1.29, 1.82) is 0 Å². The van der Waals surface area contributed by atoms with Crippen molar-refractivity contribution in [2.45, 2.75) is 13.5 Å². The van der Waals surface area contributed by atoms with Crippen molar-refractivity contribution in [3.63, 3.8) is 0 Å². The van der Waals surface area contributed by atoms with Gasteiger partial charge in [-0.05, 0) is 24.7 Å². The molecule has 0 aliphatic carbocycles. The van der Waals surface area contributed by atoms with Crippen LogP contribution in [0.2, 0.25) is 0 Å². The third kappa shape index (κ3) is 6.93. The molecule has 0 spiro atoms. The van der Waals surface area contributed by atoms with Gasteiger partial charge in [-0.3, -0.25) is 4.79 Å². The molecule has 0 fully saturated rings. The van der Waals surface area contributed by atoms with Crippen molar-refractivity contribution < 1.29 is 18.3 Å². The van der Waals surface area contributed by atoms with Gasteiger partial charge in [0.05, 0.1) is 0 Å². The van der Waals surface area contributed by atoms with Crippen LogP contribution in [0.4, 0.5) is 8.78 Å². The van der Waals surface area contributed by atoms with Gasteiger partial charge in [0.15, 0.2) is 0 Å². The van der Waals surface area contributed by atoms with E-state index < -0.39 is 6.61 Å². The van der Waals surface area contributed by atoms with Crippen molar-refractivity contribution in [1.82, 2.24) is 10.6 Å². The summed E-state index contributed by atoms with van der Waals surface area (Å²) in [5, 5.41) is 5.72. The zero-order valence-electron chi connectivity index (χ0n) is 10.5. The van der Waals surface area contributed by atoms with Gasteiger partial charge in [0.2, 0.25) is 0 Å². The van der Waals surface area contributed by atoms with Crippen molar-refractivity contribution in [2.75, 3.05) is 19.6 Å². The normalized spacial score (nSPS) is 9.89. The minimum atomic E-state index is -2.89. The van der Waals surface area contributed by atoms with Gasteiger partial charge in [0.25, 0.3) is 5.91 Å². The molecular weight excluding hydrogens is 278 g/mol. The molecule has 108 valence electrons. The van der Waals surface area contributed by atoms with Gasteiger partial charge in [0, 0.05) is 18.7 Å². The lowest BCUT2D eigenvalue weighted by Crippen LogP contribution is -2.31. The van der Waals surface area contributed by atoms with Crippen LogP contribution in [0.15, 0.2) is 24.3 Å². The summed E-state index contributed by atoms with van der Waals surface area (Å²) in [6.07, 6.45) is 0. The summed E-state index contributed by atoms with van der Waals surface area (Å²) in [5.41, 5.74) is 0.296. The Kier molecular flexibility index (Phi) is 8.82. The molecule has 1 rings (SSSR count). The standard InChI is InChI=1S/C12H16F2N2O2.ClH/c1-2-15-6-7-16-11(17)9-4-3-5-10(8-9)18-12(13)14;/h3-5,8,12,15H,2,6-7H2,1H3,(H,16,17);1H. The molecular formula is C12H17ClF2N2O2. The smallest absolute Gasteiger partial charge is 0.387 e. The van der Waals surface area contributed by atoms with E-state index in [9.17, 15) is 13.6 Å². The number of ether oxygens (including phenoxy) is 1. The number of alkyl halides is 2. The monoisotopic (exact) mass is 294 g/mol. The molecule has 7 heteroatoms. The first-order chi connectivity index (χ1) is 8.63. The van der Waals surface area contributed by atoms with Crippen molar-refractivity contribution in [3.8, 4) is 5.75 Å². The maximum absolute atomic E-state index is 12.0. The molecule has 1 amide bonds. The van der Waals surface area contributed by atoms with E-state index in [0.717, 1.165) is 6.54 Å². The topological polar surface area (TPSA) is 50.4 Å². The lowest BCUT2D eigenvalue weighted by atomic mass is 10.2. The molecule has 0 aromatic heterocycles. The Balaban J connectivity index is 0.00000324. The van der Waals surface area contributed by atoms with E-state index >= 15 is 0 Å². The fourth-order valence-corrected chi connectivity index (χ4v) is 1.36. The molecule has 0 aliphatic heterocycles. The first kappa shape index (κ1) is 17.6. The van der Waals surface area contributed by atoms with Gasteiger partial charge >= 0.3 is 6.61 Å². The maximum atomic E-state index is 12.0. The van der Waals surface area contributed by atoms with Gasteiger partial charge < -0.3 is 15.4 Å². The van der Waals surface area contributed by atoms with Gasteiger partial charge in [0.1, 0.15) is 5.75 Å². The number of nitrogens with one attached hydrogen (secondary N) is 2. The molecule has 0 heterocycles. The predicted octanol–water partition coefficient (Wildman–Crippen LogP) is 2.05. The second-order valence-electron chi connectivity index (χ2n) is 3.52. The van der Waals surface area contributed by atoms with Crippen LogP contribution in [0.1, 0.15) is 17.3 Å². The van der Waals surface area contributed by atoms with E-state index in [2.05, 4.69) is 15.4 Å². The van der Waals surface area contributed by atoms with E-state index in [1.54, 1.807) is 6.07 Å². The fraction of sp³-hybridized carbons (Fsp3) is 0.417. The van der Waals surface area contributed by atoms with Crippen LogP contribution in [0, 0.1) is 0 Å². The molecule has 19 heavy (non-hydrogen) atoms. The summed E-state index contributed by atoms with van der Waals surface area (Å²) in [5.74, 6) is -0.336. The van der Waals surface area contributed by atoms with Gasteiger partial charge in [-0.25, -0.2) is 0 Å². The number of carbonyl (C=O) groups excluding carboxylic acids is 1. The highest BCUT2D eigenvalue weighted by atomic mass is 35.5. The number of hydrogen-bond donors (Lipinski definition) is 2. The predicted molar refractivity (Wildman–Crippen MR) is 71.2 cm³/mol. The van der Waals surface area contributed by atoms with Crippen LogP contribution in [0.25, 0.3) is 0 Å². The van der Waals surface area contributed by atoms with Crippen LogP contribution < -0.4 is 15.4 Å². The van der Waals surface area contributed by atoms with Crippen molar-refractivity contribution in [2.24, 2.45) is 0 Å². The van der Waals surface area contributed by atoms with E-state index in [1.165, 1.54) is 18.2 Å². The van der Waals surface area contributed by atoms with E-state index in [4.69, 9.17) is 0 Å². The molecule has 0 atom stereocenters. The fourth-order valence-electron chi connectivity index (χ4n) is 1.36. The summed E-state index contributed by atoms with van der Waals surface area (Å²) >= 11 is 0. The average molecular weight is 295 g/mol.